The number of piperidine rings is 2. The average molecular weight is 484 g/mol. The molecule has 3 aliphatic heterocycles. The minimum Gasteiger partial charge on any atom is -0.385 e. The van der Waals surface area contributed by atoms with Crippen LogP contribution in [0, 0.1) is 5.92 Å². The largest absolute Gasteiger partial charge is 0.385 e. The highest BCUT2D eigenvalue weighted by molar-refractivity contribution is 6.09. The average Bonchev–Trinajstić information content (AvgIpc) is 3.10. The number of methoxy groups -OCH3 is 1. The van der Waals surface area contributed by atoms with Gasteiger partial charge in [0.1, 0.15) is 0 Å². The SMILES string of the molecule is COCCCN(C[C@H]1CCCN2CCCC[C@@H]12)C(=O)CCN1C(=O)CC(C)(c2ccccc2)C1=O. The van der Waals surface area contributed by atoms with E-state index in [1.165, 1.54) is 43.7 Å². The van der Waals surface area contributed by atoms with Gasteiger partial charge in [-0.15, -0.1) is 0 Å². The first-order chi connectivity index (χ1) is 16.9. The molecule has 192 valence electrons. The molecule has 3 atom stereocenters. The number of carbonyl (C=O) groups excluding carboxylic acids is 3. The molecule has 4 rings (SSSR count). The summed E-state index contributed by atoms with van der Waals surface area (Å²) in [5.41, 5.74) is -0.00535. The number of imide groups is 1. The molecular weight excluding hydrogens is 442 g/mol. The van der Waals surface area contributed by atoms with Crippen molar-refractivity contribution in [2.24, 2.45) is 5.92 Å². The van der Waals surface area contributed by atoms with Gasteiger partial charge in [0.05, 0.1) is 5.41 Å². The zero-order valence-corrected chi connectivity index (χ0v) is 21.4. The Hall–Kier alpha value is -2.25. The van der Waals surface area contributed by atoms with Gasteiger partial charge < -0.3 is 14.5 Å². The van der Waals surface area contributed by atoms with Gasteiger partial charge in [0.25, 0.3) is 0 Å². The third-order valence-corrected chi connectivity index (χ3v) is 8.30. The van der Waals surface area contributed by atoms with Crippen LogP contribution >= 0.6 is 0 Å². The Morgan fingerprint density at radius 2 is 1.89 bits per heavy atom. The minimum absolute atomic E-state index is 0.0305. The highest BCUT2D eigenvalue weighted by Gasteiger charge is 2.49. The lowest BCUT2D eigenvalue weighted by Crippen LogP contribution is -2.52. The van der Waals surface area contributed by atoms with Gasteiger partial charge in [-0.2, -0.15) is 0 Å². The van der Waals surface area contributed by atoms with Crippen LogP contribution in [-0.2, 0) is 24.5 Å². The number of ether oxygens (including phenoxy) is 1. The maximum absolute atomic E-state index is 13.4. The van der Waals surface area contributed by atoms with Gasteiger partial charge in [0, 0.05) is 52.2 Å². The second-order valence-electron chi connectivity index (χ2n) is 10.7. The van der Waals surface area contributed by atoms with Crippen LogP contribution in [0.1, 0.15) is 63.9 Å². The maximum atomic E-state index is 13.4. The van der Waals surface area contributed by atoms with E-state index in [1.54, 1.807) is 7.11 Å². The van der Waals surface area contributed by atoms with Crippen molar-refractivity contribution in [2.45, 2.75) is 69.7 Å². The number of likely N-dealkylation sites (tertiary alicyclic amines) is 1. The first-order valence-electron chi connectivity index (χ1n) is 13.3. The van der Waals surface area contributed by atoms with E-state index in [9.17, 15) is 14.4 Å². The van der Waals surface area contributed by atoms with Crippen molar-refractivity contribution in [3.63, 3.8) is 0 Å². The lowest BCUT2D eigenvalue weighted by atomic mass is 9.81. The second kappa shape index (κ2) is 11.7. The van der Waals surface area contributed by atoms with Crippen molar-refractivity contribution >= 4 is 17.7 Å². The fourth-order valence-electron chi connectivity index (χ4n) is 6.30. The number of rotatable bonds is 10. The molecule has 0 aromatic heterocycles. The minimum atomic E-state index is -0.855. The Kier molecular flexibility index (Phi) is 8.60. The van der Waals surface area contributed by atoms with E-state index < -0.39 is 5.41 Å². The van der Waals surface area contributed by atoms with Crippen LogP contribution in [0.15, 0.2) is 30.3 Å². The summed E-state index contributed by atoms with van der Waals surface area (Å²) in [7, 11) is 1.68. The number of nitrogens with zero attached hydrogens (tertiary/aromatic N) is 3. The molecule has 0 radical (unpaired) electrons. The smallest absolute Gasteiger partial charge is 0.240 e. The molecular formula is C28H41N3O4. The van der Waals surface area contributed by atoms with Crippen LogP contribution in [-0.4, -0.2) is 84.9 Å². The van der Waals surface area contributed by atoms with Crippen molar-refractivity contribution in [3.8, 4) is 0 Å². The predicted molar refractivity (Wildman–Crippen MR) is 135 cm³/mol. The van der Waals surface area contributed by atoms with E-state index in [-0.39, 0.29) is 37.1 Å². The molecule has 7 nitrogen and oxygen atoms in total. The Bertz CT molecular complexity index is 889. The summed E-state index contributed by atoms with van der Waals surface area (Å²) in [4.78, 5) is 45.4. The van der Waals surface area contributed by atoms with Gasteiger partial charge in [0.2, 0.25) is 17.7 Å². The highest BCUT2D eigenvalue weighted by atomic mass is 16.5. The summed E-state index contributed by atoms with van der Waals surface area (Å²) < 4.78 is 5.24. The van der Waals surface area contributed by atoms with Crippen molar-refractivity contribution in [1.82, 2.24) is 14.7 Å². The van der Waals surface area contributed by atoms with Crippen molar-refractivity contribution < 1.29 is 19.1 Å². The fraction of sp³-hybridized carbons (Fsp3) is 0.679. The Balaban J connectivity index is 1.39. The third kappa shape index (κ3) is 5.78. The number of hydrogen-bond donors (Lipinski definition) is 0. The molecule has 0 saturated carbocycles. The molecule has 0 N–H and O–H groups in total. The number of fused-ring (bicyclic) bond motifs is 1. The van der Waals surface area contributed by atoms with Gasteiger partial charge in [-0.05, 0) is 63.6 Å². The summed E-state index contributed by atoms with van der Waals surface area (Å²) in [6.07, 6.45) is 7.24. The number of amides is 3. The lowest BCUT2D eigenvalue weighted by molar-refractivity contribution is -0.141. The lowest BCUT2D eigenvalue weighted by Gasteiger charge is -2.45. The van der Waals surface area contributed by atoms with Crippen molar-refractivity contribution in [3.05, 3.63) is 35.9 Å². The summed E-state index contributed by atoms with van der Waals surface area (Å²) in [6, 6.07) is 10.1. The molecule has 0 spiro atoms. The highest BCUT2D eigenvalue weighted by Crippen LogP contribution is 2.36. The molecule has 7 heteroatoms. The van der Waals surface area contributed by atoms with Gasteiger partial charge in [-0.1, -0.05) is 36.8 Å². The van der Waals surface area contributed by atoms with Crippen LogP contribution in [0.4, 0.5) is 0 Å². The molecule has 3 aliphatic rings. The molecule has 1 unspecified atom stereocenters. The summed E-state index contributed by atoms with van der Waals surface area (Å²) in [6.45, 7) is 6.37. The summed E-state index contributed by atoms with van der Waals surface area (Å²) in [5.74, 6) is 0.137. The quantitative estimate of drug-likeness (QED) is 0.378. The normalized spacial score (nSPS) is 27.2. The van der Waals surface area contributed by atoms with E-state index in [0.717, 1.165) is 24.9 Å². The molecule has 35 heavy (non-hydrogen) atoms. The van der Waals surface area contributed by atoms with Crippen molar-refractivity contribution in [1.29, 1.82) is 0 Å². The molecule has 3 saturated heterocycles. The third-order valence-electron chi connectivity index (χ3n) is 8.30. The summed E-state index contributed by atoms with van der Waals surface area (Å²) >= 11 is 0. The molecule has 3 amide bonds. The fourth-order valence-corrected chi connectivity index (χ4v) is 6.30. The molecule has 3 fully saturated rings. The van der Waals surface area contributed by atoms with Gasteiger partial charge in [0.15, 0.2) is 0 Å². The number of benzene rings is 1. The van der Waals surface area contributed by atoms with E-state index in [1.807, 2.05) is 42.2 Å². The molecule has 1 aromatic rings. The molecule has 0 bridgehead atoms. The van der Waals surface area contributed by atoms with E-state index in [4.69, 9.17) is 4.74 Å². The van der Waals surface area contributed by atoms with Gasteiger partial charge in [-0.3, -0.25) is 19.3 Å². The van der Waals surface area contributed by atoms with Crippen LogP contribution in [0.25, 0.3) is 0 Å². The monoisotopic (exact) mass is 483 g/mol. The van der Waals surface area contributed by atoms with E-state index >= 15 is 0 Å². The van der Waals surface area contributed by atoms with Crippen molar-refractivity contribution in [2.75, 3.05) is 46.4 Å². The first-order valence-corrected chi connectivity index (χ1v) is 13.3. The number of carbonyl (C=O) groups is 3. The zero-order chi connectivity index (χ0) is 24.8. The Labute approximate surface area is 209 Å². The van der Waals surface area contributed by atoms with Crippen LogP contribution < -0.4 is 0 Å². The maximum Gasteiger partial charge on any atom is 0.240 e. The Morgan fingerprint density at radius 3 is 2.66 bits per heavy atom. The first kappa shape index (κ1) is 25.8. The second-order valence-corrected chi connectivity index (χ2v) is 10.7. The zero-order valence-electron chi connectivity index (χ0n) is 21.4. The van der Waals surface area contributed by atoms with E-state index in [2.05, 4.69) is 4.90 Å². The molecule has 0 aliphatic carbocycles. The van der Waals surface area contributed by atoms with E-state index in [0.29, 0.717) is 25.1 Å². The van der Waals surface area contributed by atoms with Crippen LogP contribution in [0.5, 0.6) is 0 Å². The van der Waals surface area contributed by atoms with Gasteiger partial charge >= 0.3 is 0 Å². The summed E-state index contributed by atoms with van der Waals surface area (Å²) in [5, 5.41) is 0. The molecule has 1 aromatic carbocycles. The van der Waals surface area contributed by atoms with Gasteiger partial charge in [-0.25, -0.2) is 0 Å². The van der Waals surface area contributed by atoms with Crippen LogP contribution in [0.2, 0.25) is 0 Å². The molecule has 3 heterocycles. The Morgan fingerprint density at radius 1 is 1.11 bits per heavy atom. The number of hydrogen-bond acceptors (Lipinski definition) is 5. The predicted octanol–water partition coefficient (Wildman–Crippen LogP) is 3.22. The topological polar surface area (TPSA) is 70.2 Å². The van der Waals surface area contributed by atoms with Crippen LogP contribution in [0.3, 0.4) is 0 Å². The standard InChI is InChI=1S/C28H41N3O4/c1-28(23-11-4-3-5-12-23)20-26(33)31(27(28)34)18-14-25(32)30(17-9-19-35-2)21-22-10-8-16-29-15-7-6-13-24(22)29/h3-5,11-12,22,24H,6-10,13-21H2,1-2H3/t22-,24+,28?/m1/s1.